The molecule has 6 nitrogen and oxygen atoms in total. The summed E-state index contributed by atoms with van der Waals surface area (Å²) in [5.74, 6) is 5.45. The summed E-state index contributed by atoms with van der Waals surface area (Å²) in [6, 6.07) is 19.5. The molecule has 3 aromatic rings. The molecule has 1 aliphatic heterocycles. The number of anilines is 2. The van der Waals surface area contributed by atoms with Crippen molar-refractivity contribution in [3.63, 3.8) is 0 Å². The van der Waals surface area contributed by atoms with Gasteiger partial charge in [0, 0.05) is 41.5 Å². The van der Waals surface area contributed by atoms with Crippen LogP contribution in [0.5, 0.6) is 0 Å². The third-order valence-corrected chi connectivity index (χ3v) is 5.37. The van der Waals surface area contributed by atoms with Crippen LogP contribution in [0.4, 0.5) is 11.4 Å². The van der Waals surface area contributed by atoms with Gasteiger partial charge in [-0.3, -0.25) is 9.59 Å². The Morgan fingerprint density at radius 3 is 2.36 bits per heavy atom. The van der Waals surface area contributed by atoms with Crippen molar-refractivity contribution >= 4 is 29.2 Å². The van der Waals surface area contributed by atoms with E-state index < -0.39 is 5.97 Å². The van der Waals surface area contributed by atoms with Crippen LogP contribution in [0.25, 0.3) is 0 Å². The molecule has 6 heteroatoms. The van der Waals surface area contributed by atoms with Crippen LogP contribution in [-0.4, -0.2) is 31.4 Å². The number of rotatable bonds is 3. The summed E-state index contributed by atoms with van der Waals surface area (Å²) in [6.07, 6.45) is 0.734. The lowest BCUT2D eigenvalue weighted by molar-refractivity contribution is -0.116. The molecule has 2 amide bonds. The number of carbonyl (C=O) groups is 3. The molecule has 3 aromatic carbocycles. The van der Waals surface area contributed by atoms with Crippen molar-refractivity contribution in [1.29, 1.82) is 0 Å². The van der Waals surface area contributed by atoms with Crippen LogP contribution in [0, 0.1) is 11.8 Å². The number of methoxy groups -OCH3 is 1. The van der Waals surface area contributed by atoms with E-state index in [1.807, 2.05) is 30.3 Å². The van der Waals surface area contributed by atoms with Gasteiger partial charge in [-0.05, 0) is 66.6 Å². The molecule has 0 fully saturated rings. The van der Waals surface area contributed by atoms with Crippen molar-refractivity contribution in [3.05, 3.63) is 94.5 Å². The average Bonchev–Trinajstić information content (AvgIpc) is 3.26. The maximum Gasteiger partial charge on any atom is 0.337 e. The van der Waals surface area contributed by atoms with Crippen molar-refractivity contribution in [1.82, 2.24) is 0 Å². The number of hydrogen-bond acceptors (Lipinski definition) is 4. The number of nitrogens with one attached hydrogen (secondary N) is 1. The molecule has 0 unspecified atom stereocenters. The lowest BCUT2D eigenvalue weighted by Gasteiger charge is -2.14. The summed E-state index contributed by atoms with van der Waals surface area (Å²) >= 11 is 0. The van der Waals surface area contributed by atoms with E-state index in [-0.39, 0.29) is 11.8 Å². The summed E-state index contributed by atoms with van der Waals surface area (Å²) < 4.78 is 4.74. The zero-order valence-corrected chi connectivity index (χ0v) is 18.3. The molecular formula is C27H22N2O4. The quantitative estimate of drug-likeness (QED) is 0.495. The number of nitrogens with zero attached hydrogens (tertiary/aromatic N) is 1. The van der Waals surface area contributed by atoms with Crippen molar-refractivity contribution in [2.45, 2.75) is 13.3 Å². The Kier molecular flexibility index (Phi) is 6.23. The fraction of sp³-hybridized carbons (Fsp3) is 0.148. The van der Waals surface area contributed by atoms with E-state index in [1.165, 1.54) is 7.11 Å². The fourth-order valence-corrected chi connectivity index (χ4v) is 3.73. The molecule has 1 N–H and O–H groups in total. The second-order valence-electron chi connectivity index (χ2n) is 7.62. The van der Waals surface area contributed by atoms with Crippen LogP contribution in [0.1, 0.15) is 44.3 Å². The van der Waals surface area contributed by atoms with E-state index in [9.17, 15) is 14.4 Å². The van der Waals surface area contributed by atoms with Crippen LogP contribution < -0.4 is 10.2 Å². The fourth-order valence-electron chi connectivity index (χ4n) is 3.73. The summed E-state index contributed by atoms with van der Waals surface area (Å²) in [5, 5.41) is 2.91. The third-order valence-electron chi connectivity index (χ3n) is 5.37. The van der Waals surface area contributed by atoms with Crippen LogP contribution in [-0.2, 0) is 16.0 Å². The molecule has 0 saturated heterocycles. The van der Waals surface area contributed by atoms with Crippen molar-refractivity contribution in [3.8, 4) is 11.8 Å². The molecule has 0 spiro atoms. The third kappa shape index (κ3) is 4.94. The molecule has 33 heavy (non-hydrogen) atoms. The van der Waals surface area contributed by atoms with Crippen LogP contribution in [0.2, 0.25) is 0 Å². The Balaban J connectivity index is 1.49. The maximum atomic E-state index is 12.8. The van der Waals surface area contributed by atoms with E-state index in [1.54, 1.807) is 48.2 Å². The lowest BCUT2D eigenvalue weighted by Crippen LogP contribution is -2.25. The number of fused-ring (bicyclic) bond motifs is 1. The number of benzene rings is 3. The number of esters is 1. The summed E-state index contributed by atoms with van der Waals surface area (Å²) in [5.41, 5.74) is 4.87. The van der Waals surface area contributed by atoms with Gasteiger partial charge in [0.2, 0.25) is 5.91 Å². The zero-order chi connectivity index (χ0) is 23.4. The number of amides is 2. The van der Waals surface area contributed by atoms with E-state index in [2.05, 4.69) is 17.2 Å². The molecule has 0 aliphatic carbocycles. The van der Waals surface area contributed by atoms with Gasteiger partial charge in [-0.2, -0.15) is 0 Å². The minimum Gasteiger partial charge on any atom is -0.465 e. The second-order valence-corrected chi connectivity index (χ2v) is 7.62. The molecule has 0 aromatic heterocycles. The highest BCUT2D eigenvalue weighted by Gasteiger charge is 2.23. The molecule has 1 aliphatic rings. The maximum absolute atomic E-state index is 12.8. The normalized spacial score (nSPS) is 11.8. The minimum absolute atomic E-state index is 0.000832. The van der Waals surface area contributed by atoms with Crippen molar-refractivity contribution in [2.24, 2.45) is 0 Å². The van der Waals surface area contributed by atoms with Gasteiger partial charge in [0.05, 0.1) is 12.7 Å². The SMILES string of the molecule is COC(=O)c1cccc(C#Cc2cccc(NC(=O)c3ccc4c(c3)CCN4C(C)=O)c2)c1. The molecule has 4 rings (SSSR count). The van der Waals surface area contributed by atoms with Gasteiger partial charge in [-0.1, -0.05) is 24.0 Å². The van der Waals surface area contributed by atoms with Gasteiger partial charge in [0.1, 0.15) is 0 Å². The monoisotopic (exact) mass is 438 g/mol. The van der Waals surface area contributed by atoms with Gasteiger partial charge in [0.15, 0.2) is 0 Å². The first kappa shape index (κ1) is 21.8. The summed E-state index contributed by atoms with van der Waals surface area (Å²) in [4.78, 5) is 37.9. The average molecular weight is 438 g/mol. The first-order valence-electron chi connectivity index (χ1n) is 10.5. The topological polar surface area (TPSA) is 75.7 Å². The molecule has 0 saturated carbocycles. The van der Waals surface area contributed by atoms with E-state index in [0.717, 1.165) is 23.2 Å². The Morgan fingerprint density at radius 1 is 0.909 bits per heavy atom. The van der Waals surface area contributed by atoms with Gasteiger partial charge in [-0.25, -0.2) is 4.79 Å². The van der Waals surface area contributed by atoms with Gasteiger partial charge in [0.25, 0.3) is 5.91 Å². The van der Waals surface area contributed by atoms with E-state index >= 15 is 0 Å². The number of ether oxygens (including phenoxy) is 1. The molecule has 0 radical (unpaired) electrons. The van der Waals surface area contributed by atoms with Crippen LogP contribution >= 0.6 is 0 Å². The van der Waals surface area contributed by atoms with Gasteiger partial charge < -0.3 is 15.0 Å². The highest BCUT2D eigenvalue weighted by molar-refractivity contribution is 6.05. The molecule has 164 valence electrons. The zero-order valence-electron chi connectivity index (χ0n) is 18.3. The molecular weight excluding hydrogens is 416 g/mol. The predicted molar refractivity (Wildman–Crippen MR) is 126 cm³/mol. The smallest absolute Gasteiger partial charge is 0.337 e. The predicted octanol–water partition coefficient (Wildman–Crippen LogP) is 4.03. The Labute approximate surface area is 192 Å². The Bertz CT molecular complexity index is 1320. The summed E-state index contributed by atoms with van der Waals surface area (Å²) in [6.45, 7) is 2.18. The standard InChI is InChI=1S/C27H22N2O4/c1-18(30)29-14-13-21-17-22(11-12-25(21)29)26(31)28-24-8-4-6-20(16-24)10-9-19-5-3-7-23(15-19)27(32)33-2/h3-8,11-12,15-17H,13-14H2,1-2H3,(H,28,31). The molecule has 1 heterocycles. The van der Waals surface area contributed by atoms with Gasteiger partial charge in [-0.15, -0.1) is 0 Å². The van der Waals surface area contributed by atoms with Crippen molar-refractivity contribution < 1.29 is 19.1 Å². The second kappa shape index (κ2) is 9.41. The lowest BCUT2D eigenvalue weighted by atomic mass is 10.1. The largest absolute Gasteiger partial charge is 0.465 e. The summed E-state index contributed by atoms with van der Waals surface area (Å²) in [7, 11) is 1.34. The Hall–Kier alpha value is -4.37. The van der Waals surface area contributed by atoms with Crippen LogP contribution in [0.3, 0.4) is 0 Å². The Morgan fingerprint density at radius 2 is 1.64 bits per heavy atom. The first-order valence-corrected chi connectivity index (χ1v) is 10.5. The number of carbonyl (C=O) groups excluding carboxylic acids is 3. The van der Waals surface area contributed by atoms with Crippen LogP contribution in [0.15, 0.2) is 66.7 Å². The van der Waals surface area contributed by atoms with Crippen molar-refractivity contribution in [2.75, 3.05) is 23.9 Å². The van der Waals surface area contributed by atoms with Gasteiger partial charge >= 0.3 is 5.97 Å². The van der Waals surface area contributed by atoms with E-state index in [4.69, 9.17) is 4.74 Å². The highest BCUT2D eigenvalue weighted by atomic mass is 16.5. The number of hydrogen-bond donors (Lipinski definition) is 1. The van der Waals surface area contributed by atoms with E-state index in [0.29, 0.717) is 28.9 Å². The first-order chi connectivity index (χ1) is 15.9. The highest BCUT2D eigenvalue weighted by Crippen LogP contribution is 2.29. The molecule has 0 atom stereocenters. The molecule has 0 bridgehead atoms. The minimum atomic E-state index is -0.413.